The number of hydrogen-bond acceptors (Lipinski definition) is 5. The summed E-state index contributed by atoms with van der Waals surface area (Å²) in [6.07, 6.45) is 4.89. The van der Waals surface area contributed by atoms with Crippen molar-refractivity contribution < 1.29 is 18.3 Å². The van der Waals surface area contributed by atoms with E-state index in [0.717, 1.165) is 0 Å². The molecule has 2 aliphatic heterocycles. The monoisotopic (exact) mass is 342 g/mol. The summed E-state index contributed by atoms with van der Waals surface area (Å²) in [6, 6.07) is -0.513. The number of rotatable bonds is 4. The number of carboxylic acids is 1. The summed E-state index contributed by atoms with van der Waals surface area (Å²) >= 11 is 0. The number of aryl methyl sites for hydroxylation is 1. The second-order valence-corrected chi connectivity index (χ2v) is 8.35. The predicted octanol–water partition coefficient (Wildman–Crippen LogP) is 0.120. The molecule has 2 aliphatic rings. The van der Waals surface area contributed by atoms with Gasteiger partial charge in [0.25, 0.3) is 0 Å². The van der Waals surface area contributed by atoms with Crippen LogP contribution < -0.4 is 5.32 Å². The molecule has 2 N–H and O–H groups in total. The molecule has 1 aromatic rings. The van der Waals surface area contributed by atoms with E-state index in [1.165, 1.54) is 10.5 Å². The number of carbonyl (C=O) groups is 1. The first-order chi connectivity index (χ1) is 10.9. The van der Waals surface area contributed by atoms with Crippen LogP contribution in [0.3, 0.4) is 0 Å². The van der Waals surface area contributed by atoms with Gasteiger partial charge in [0, 0.05) is 32.4 Å². The van der Waals surface area contributed by atoms with Gasteiger partial charge in [0.15, 0.2) is 0 Å². The maximum atomic E-state index is 12.7. The maximum Gasteiger partial charge on any atom is 0.320 e. The number of aromatic nitrogens is 2. The number of sulfonamides is 1. The zero-order valence-electron chi connectivity index (χ0n) is 13.1. The molecule has 0 unspecified atom stereocenters. The Bertz CT molecular complexity index is 691. The molecule has 128 valence electrons. The SMILES string of the molecule is CCn1cc(S(=O)(=O)N2CCC3(CC2)CN[C@@H](C(=O)O)C3)cn1. The average molecular weight is 342 g/mol. The Morgan fingerprint density at radius 3 is 2.70 bits per heavy atom. The average Bonchev–Trinajstić information content (AvgIpc) is 3.15. The molecule has 2 fully saturated rings. The Hall–Kier alpha value is -1.45. The first-order valence-corrected chi connectivity index (χ1v) is 9.29. The van der Waals surface area contributed by atoms with Crippen LogP contribution in [0.15, 0.2) is 17.3 Å². The van der Waals surface area contributed by atoms with Crippen LogP contribution in [0.5, 0.6) is 0 Å². The van der Waals surface area contributed by atoms with E-state index in [1.807, 2.05) is 6.92 Å². The Morgan fingerprint density at radius 2 is 2.17 bits per heavy atom. The number of hydrogen-bond donors (Lipinski definition) is 2. The van der Waals surface area contributed by atoms with E-state index in [0.29, 0.717) is 45.4 Å². The molecule has 23 heavy (non-hydrogen) atoms. The quantitative estimate of drug-likeness (QED) is 0.805. The summed E-state index contributed by atoms with van der Waals surface area (Å²) in [7, 11) is -3.51. The van der Waals surface area contributed by atoms with Crippen LogP contribution in [0.2, 0.25) is 0 Å². The summed E-state index contributed by atoms with van der Waals surface area (Å²) in [6.45, 7) is 4.02. The number of nitrogens with one attached hydrogen (secondary N) is 1. The highest BCUT2D eigenvalue weighted by atomic mass is 32.2. The highest BCUT2D eigenvalue weighted by molar-refractivity contribution is 7.89. The van der Waals surface area contributed by atoms with Crippen molar-refractivity contribution in [3.05, 3.63) is 12.4 Å². The molecular weight excluding hydrogens is 320 g/mol. The van der Waals surface area contributed by atoms with Crippen LogP contribution in [0.1, 0.15) is 26.2 Å². The van der Waals surface area contributed by atoms with Crippen molar-refractivity contribution in [2.75, 3.05) is 19.6 Å². The molecular formula is C14H22N4O4S. The fraction of sp³-hybridized carbons (Fsp3) is 0.714. The van der Waals surface area contributed by atoms with E-state index >= 15 is 0 Å². The van der Waals surface area contributed by atoms with Crippen molar-refractivity contribution in [3.8, 4) is 0 Å². The van der Waals surface area contributed by atoms with Crippen LogP contribution in [-0.2, 0) is 21.4 Å². The molecule has 1 atom stereocenters. The second-order valence-electron chi connectivity index (χ2n) is 6.41. The zero-order valence-corrected chi connectivity index (χ0v) is 13.9. The standard InChI is InChI=1S/C14H22N4O4S/c1-2-17-9-11(8-16-17)23(21,22)18-5-3-14(4-6-18)7-12(13(19)20)15-10-14/h8-9,12,15H,2-7,10H2,1H3,(H,19,20)/t12-/m1/s1. The maximum absolute atomic E-state index is 12.7. The Balaban J connectivity index is 1.68. The molecule has 3 rings (SSSR count). The number of aliphatic carboxylic acids is 1. The van der Waals surface area contributed by atoms with Crippen LogP contribution in [0, 0.1) is 5.41 Å². The third kappa shape index (κ3) is 3.00. The first-order valence-electron chi connectivity index (χ1n) is 7.85. The summed E-state index contributed by atoms with van der Waals surface area (Å²) in [4.78, 5) is 11.3. The molecule has 3 heterocycles. The fourth-order valence-corrected chi connectivity index (χ4v) is 4.87. The Kier molecular flexibility index (Phi) is 4.19. The molecule has 2 saturated heterocycles. The van der Waals surface area contributed by atoms with Gasteiger partial charge in [0.05, 0.1) is 6.20 Å². The Labute approximate surface area is 135 Å². The third-order valence-electron chi connectivity index (χ3n) is 5.01. The predicted molar refractivity (Wildman–Crippen MR) is 82.4 cm³/mol. The van der Waals surface area contributed by atoms with Crippen molar-refractivity contribution in [2.45, 2.75) is 43.7 Å². The topological polar surface area (TPSA) is 105 Å². The minimum Gasteiger partial charge on any atom is -0.480 e. The van der Waals surface area contributed by atoms with Crippen molar-refractivity contribution in [1.82, 2.24) is 19.4 Å². The van der Waals surface area contributed by atoms with Gasteiger partial charge in [-0.3, -0.25) is 9.48 Å². The largest absolute Gasteiger partial charge is 0.480 e. The van der Waals surface area contributed by atoms with Gasteiger partial charge < -0.3 is 10.4 Å². The lowest BCUT2D eigenvalue weighted by Gasteiger charge is -2.38. The van der Waals surface area contributed by atoms with Crippen molar-refractivity contribution >= 4 is 16.0 Å². The van der Waals surface area contributed by atoms with Crippen LogP contribution in [-0.4, -0.2) is 59.3 Å². The van der Waals surface area contributed by atoms with E-state index in [1.54, 1.807) is 10.9 Å². The van der Waals surface area contributed by atoms with Gasteiger partial charge in [-0.05, 0) is 31.6 Å². The van der Waals surface area contributed by atoms with Crippen LogP contribution in [0.25, 0.3) is 0 Å². The van der Waals surface area contributed by atoms with Crippen molar-refractivity contribution in [3.63, 3.8) is 0 Å². The van der Waals surface area contributed by atoms with Gasteiger partial charge in [-0.2, -0.15) is 9.40 Å². The molecule has 0 radical (unpaired) electrons. The van der Waals surface area contributed by atoms with Gasteiger partial charge in [-0.1, -0.05) is 0 Å². The van der Waals surface area contributed by atoms with E-state index < -0.39 is 22.0 Å². The van der Waals surface area contributed by atoms with E-state index in [2.05, 4.69) is 10.4 Å². The summed E-state index contributed by atoms with van der Waals surface area (Å²) < 4.78 is 28.4. The molecule has 1 spiro atoms. The summed E-state index contributed by atoms with van der Waals surface area (Å²) in [5.41, 5.74) is -0.0946. The third-order valence-corrected chi connectivity index (χ3v) is 6.86. The number of piperidine rings is 1. The lowest BCUT2D eigenvalue weighted by Crippen LogP contribution is -2.43. The highest BCUT2D eigenvalue weighted by Crippen LogP contribution is 2.40. The van der Waals surface area contributed by atoms with E-state index in [4.69, 9.17) is 5.11 Å². The van der Waals surface area contributed by atoms with Crippen LogP contribution >= 0.6 is 0 Å². The molecule has 0 bridgehead atoms. The highest BCUT2D eigenvalue weighted by Gasteiger charge is 2.45. The van der Waals surface area contributed by atoms with Crippen molar-refractivity contribution in [2.24, 2.45) is 5.41 Å². The van der Waals surface area contributed by atoms with Gasteiger partial charge >= 0.3 is 5.97 Å². The smallest absolute Gasteiger partial charge is 0.320 e. The molecule has 0 aromatic carbocycles. The lowest BCUT2D eigenvalue weighted by atomic mass is 9.77. The zero-order chi connectivity index (χ0) is 16.7. The number of carboxylic acid groups (broad SMARTS) is 1. The molecule has 9 heteroatoms. The van der Waals surface area contributed by atoms with E-state index in [9.17, 15) is 13.2 Å². The second kappa shape index (κ2) is 5.88. The number of nitrogens with zero attached hydrogens (tertiary/aromatic N) is 3. The summed E-state index contributed by atoms with van der Waals surface area (Å²) in [5.74, 6) is -0.830. The minimum absolute atomic E-state index is 0.0946. The summed E-state index contributed by atoms with van der Waals surface area (Å²) in [5, 5.41) is 16.2. The van der Waals surface area contributed by atoms with Gasteiger partial charge in [0.1, 0.15) is 10.9 Å². The van der Waals surface area contributed by atoms with Crippen molar-refractivity contribution in [1.29, 1.82) is 0 Å². The normalized spacial score (nSPS) is 25.0. The molecule has 8 nitrogen and oxygen atoms in total. The van der Waals surface area contributed by atoms with Gasteiger partial charge in [-0.15, -0.1) is 0 Å². The molecule has 0 saturated carbocycles. The molecule has 0 aliphatic carbocycles. The minimum atomic E-state index is -3.51. The first kappa shape index (κ1) is 16.4. The fourth-order valence-electron chi connectivity index (χ4n) is 3.47. The van der Waals surface area contributed by atoms with Gasteiger partial charge in [-0.25, -0.2) is 8.42 Å². The lowest BCUT2D eigenvalue weighted by molar-refractivity contribution is -0.139. The molecule has 1 aromatic heterocycles. The van der Waals surface area contributed by atoms with E-state index in [-0.39, 0.29) is 10.3 Å². The Morgan fingerprint density at radius 1 is 1.48 bits per heavy atom. The van der Waals surface area contributed by atoms with Crippen LogP contribution in [0.4, 0.5) is 0 Å². The van der Waals surface area contributed by atoms with Gasteiger partial charge in [0.2, 0.25) is 10.0 Å². The molecule has 0 amide bonds.